The molecule has 26 heavy (non-hydrogen) atoms. The fourth-order valence-electron chi connectivity index (χ4n) is 3.44. The molecule has 1 amide bonds. The molecule has 0 radical (unpaired) electrons. The summed E-state index contributed by atoms with van der Waals surface area (Å²) in [5.74, 6) is -0.376. The van der Waals surface area contributed by atoms with Gasteiger partial charge in [-0.3, -0.25) is 9.89 Å². The molecule has 0 aliphatic carbocycles. The SMILES string of the molecule is NC1(c2cccc(F)c2)CCN(C(=O)c2ccc(-c3cn[nH]c3)cc2)C1. The molecule has 5 nitrogen and oxygen atoms in total. The average Bonchev–Trinajstić information content (AvgIpc) is 3.32. The van der Waals surface area contributed by atoms with Gasteiger partial charge in [-0.25, -0.2) is 4.39 Å². The Hall–Kier alpha value is -2.99. The van der Waals surface area contributed by atoms with Gasteiger partial charge in [0, 0.05) is 30.4 Å². The van der Waals surface area contributed by atoms with Crippen LogP contribution in [-0.2, 0) is 5.54 Å². The highest BCUT2D eigenvalue weighted by Gasteiger charge is 2.38. The van der Waals surface area contributed by atoms with Crippen LogP contribution in [0.1, 0.15) is 22.3 Å². The predicted molar refractivity (Wildman–Crippen MR) is 96.8 cm³/mol. The van der Waals surface area contributed by atoms with E-state index in [9.17, 15) is 9.18 Å². The second-order valence-electron chi connectivity index (χ2n) is 6.71. The van der Waals surface area contributed by atoms with Crippen LogP contribution < -0.4 is 5.73 Å². The molecule has 3 N–H and O–H groups in total. The van der Waals surface area contributed by atoms with Crippen molar-refractivity contribution in [1.29, 1.82) is 0 Å². The van der Waals surface area contributed by atoms with Crippen LogP contribution in [0.2, 0.25) is 0 Å². The van der Waals surface area contributed by atoms with Gasteiger partial charge in [0.05, 0.1) is 11.7 Å². The molecule has 0 saturated carbocycles. The van der Waals surface area contributed by atoms with Crippen LogP contribution in [0.15, 0.2) is 60.9 Å². The quantitative estimate of drug-likeness (QED) is 0.763. The summed E-state index contributed by atoms with van der Waals surface area (Å²) in [6.07, 6.45) is 4.15. The molecule has 1 unspecified atom stereocenters. The summed E-state index contributed by atoms with van der Waals surface area (Å²) < 4.78 is 13.5. The minimum absolute atomic E-state index is 0.0625. The average molecular weight is 350 g/mol. The number of halogens is 1. The minimum atomic E-state index is -0.714. The lowest BCUT2D eigenvalue weighted by molar-refractivity contribution is 0.0783. The van der Waals surface area contributed by atoms with E-state index in [1.54, 1.807) is 23.4 Å². The molecule has 3 aromatic rings. The van der Waals surface area contributed by atoms with Crippen molar-refractivity contribution in [2.24, 2.45) is 5.73 Å². The second-order valence-corrected chi connectivity index (χ2v) is 6.71. The van der Waals surface area contributed by atoms with E-state index >= 15 is 0 Å². The number of aromatic amines is 1. The summed E-state index contributed by atoms with van der Waals surface area (Å²) in [4.78, 5) is 14.5. The van der Waals surface area contributed by atoms with Gasteiger partial charge in [-0.2, -0.15) is 5.10 Å². The van der Waals surface area contributed by atoms with Gasteiger partial charge in [0.15, 0.2) is 0 Å². The van der Waals surface area contributed by atoms with Crippen LogP contribution >= 0.6 is 0 Å². The normalized spacial score (nSPS) is 19.7. The van der Waals surface area contributed by atoms with Gasteiger partial charge in [0.1, 0.15) is 5.82 Å². The van der Waals surface area contributed by atoms with Crippen LogP contribution in [0.4, 0.5) is 4.39 Å². The minimum Gasteiger partial charge on any atom is -0.336 e. The summed E-state index contributed by atoms with van der Waals surface area (Å²) >= 11 is 0. The predicted octanol–water partition coefficient (Wildman–Crippen LogP) is 2.92. The zero-order valence-electron chi connectivity index (χ0n) is 14.2. The zero-order chi connectivity index (χ0) is 18.1. The molecule has 4 rings (SSSR count). The number of carbonyl (C=O) groups is 1. The molecule has 2 aromatic carbocycles. The van der Waals surface area contributed by atoms with Crippen molar-refractivity contribution >= 4 is 5.91 Å². The second kappa shape index (κ2) is 6.38. The first-order chi connectivity index (χ1) is 12.5. The van der Waals surface area contributed by atoms with E-state index in [0.717, 1.165) is 16.7 Å². The monoisotopic (exact) mass is 350 g/mol. The van der Waals surface area contributed by atoms with Crippen LogP contribution in [-0.4, -0.2) is 34.1 Å². The maximum atomic E-state index is 13.5. The standard InChI is InChI=1S/C20H19FN4O/c21-18-3-1-2-17(10-18)20(22)8-9-25(13-20)19(26)15-6-4-14(5-7-15)16-11-23-24-12-16/h1-7,10-12H,8-9,13,22H2,(H,23,24). The third-order valence-corrected chi connectivity index (χ3v) is 4.95. The van der Waals surface area contributed by atoms with E-state index in [1.165, 1.54) is 12.1 Å². The number of hydrogen-bond acceptors (Lipinski definition) is 3. The van der Waals surface area contributed by atoms with E-state index in [0.29, 0.717) is 25.1 Å². The zero-order valence-corrected chi connectivity index (χ0v) is 14.2. The Morgan fingerprint density at radius 3 is 2.69 bits per heavy atom. The van der Waals surface area contributed by atoms with E-state index in [4.69, 9.17) is 5.73 Å². The van der Waals surface area contributed by atoms with Crippen molar-refractivity contribution in [2.75, 3.05) is 13.1 Å². The van der Waals surface area contributed by atoms with E-state index < -0.39 is 5.54 Å². The molecule has 2 heterocycles. The van der Waals surface area contributed by atoms with Gasteiger partial charge in [-0.15, -0.1) is 0 Å². The summed E-state index contributed by atoms with van der Waals surface area (Å²) in [6, 6.07) is 13.7. The summed E-state index contributed by atoms with van der Waals surface area (Å²) in [7, 11) is 0. The maximum Gasteiger partial charge on any atom is 0.253 e. The molecule has 1 aliphatic rings. The molecular formula is C20H19FN4O. The first kappa shape index (κ1) is 16.5. The lowest BCUT2D eigenvalue weighted by atomic mass is 9.90. The number of likely N-dealkylation sites (tertiary alicyclic amines) is 1. The highest BCUT2D eigenvalue weighted by Crippen LogP contribution is 2.31. The number of carbonyl (C=O) groups excluding carboxylic acids is 1. The summed E-state index contributed by atoms with van der Waals surface area (Å²) in [5, 5.41) is 6.70. The topological polar surface area (TPSA) is 75.0 Å². The Morgan fingerprint density at radius 2 is 2.00 bits per heavy atom. The first-order valence-corrected chi connectivity index (χ1v) is 8.49. The van der Waals surface area contributed by atoms with Crippen molar-refractivity contribution in [3.05, 3.63) is 77.9 Å². The van der Waals surface area contributed by atoms with Crippen molar-refractivity contribution < 1.29 is 9.18 Å². The molecule has 1 saturated heterocycles. The van der Waals surface area contributed by atoms with Gasteiger partial charge in [0.25, 0.3) is 5.91 Å². The fraction of sp³-hybridized carbons (Fsp3) is 0.200. The van der Waals surface area contributed by atoms with Crippen LogP contribution in [0.25, 0.3) is 11.1 Å². The number of amides is 1. The number of nitrogens with zero attached hydrogens (tertiary/aromatic N) is 2. The number of nitrogens with one attached hydrogen (secondary N) is 1. The Morgan fingerprint density at radius 1 is 1.19 bits per heavy atom. The molecule has 0 bridgehead atoms. The number of benzene rings is 2. The third-order valence-electron chi connectivity index (χ3n) is 4.95. The van der Waals surface area contributed by atoms with Crippen molar-refractivity contribution in [1.82, 2.24) is 15.1 Å². The molecule has 1 fully saturated rings. The molecule has 0 spiro atoms. The lowest BCUT2D eigenvalue weighted by Crippen LogP contribution is -2.41. The molecule has 1 aromatic heterocycles. The molecular weight excluding hydrogens is 331 g/mol. The van der Waals surface area contributed by atoms with E-state index in [2.05, 4.69) is 10.2 Å². The van der Waals surface area contributed by atoms with Crippen molar-refractivity contribution in [3.8, 4) is 11.1 Å². The maximum absolute atomic E-state index is 13.5. The first-order valence-electron chi connectivity index (χ1n) is 8.49. The van der Waals surface area contributed by atoms with Gasteiger partial charge in [-0.05, 0) is 41.8 Å². The number of nitrogens with two attached hydrogens (primary N) is 1. The van der Waals surface area contributed by atoms with Gasteiger partial charge < -0.3 is 10.6 Å². The molecule has 132 valence electrons. The summed E-state index contributed by atoms with van der Waals surface area (Å²) in [6.45, 7) is 0.925. The largest absolute Gasteiger partial charge is 0.336 e. The van der Waals surface area contributed by atoms with Crippen LogP contribution in [0, 0.1) is 5.82 Å². The van der Waals surface area contributed by atoms with Crippen LogP contribution in [0.5, 0.6) is 0 Å². The Balaban J connectivity index is 1.51. The number of hydrogen-bond donors (Lipinski definition) is 2. The smallest absolute Gasteiger partial charge is 0.253 e. The highest BCUT2D eigenvalue weighted by molar-refractivity contribution is 5.95. The molecule has 1 aliphatic heterocycles. The molecule has 1 atom stereocenters. The van der Waals surface area contributed by atoms with E-state index in [1.807, 2.05) is 30.3 Å². The summed E-state index contributed by atoms with van der Waals surface area (Å²) in [5.41, 5.74) is 9.06. The number of rotatable bonds is 3. The fourth-order valence-corrected chi connectivity index (χ4v) is 3.44. The van der Waals surface area contributed by atoms with Crippen molar-refractivity contribution in [3.63, 3.8) is 0 Å². The Labute approximate surface area is 150 Å². The highest BCUT2D eigenvalue weighted by atomic mass is 19.1. The van der Waals surface area contributed by atoms with Gasteiger partial charge in [0.2, 0.25) is 0 Å². The van der Waals surface area contributed by atoms with E-state index in [-0.39, 0.29) is 11.7 Å². The van der Waals surface area contributed by atoms with Gasteiger partial charge >= 0.3 is 0 Å². The third kappa shape index (κ3) is 2.99. The molecule has 6 heteroatoms. The van der Waals surface area contributed by atoms with Crippen molar-refractivity contribution in [2.45, 2.75) is 12.0 Å². The Kier molecular flexibility index (Phi) is 4.05. The Bertz CT molecular complexity index is 923. The number of H-pyrrole nitrogens is 1. The van der Waals surface area contributed by atoms with Crippen LogP contribution in [0.3, 0.4) is 0 Å². The van der Waals surface area contributed by atoms with Gasteiger partial charge in [-0.1, -0.05) is 24.3 Å². The lowest BCUT2D eigenvalue weighted by Gasteiger charge is -2.25. The number of aromatic nitrogens is 2.